The van der Waals surface area contributed by atoms with Crippen LogP contribution < -0.4 is 0 Å². The molecule has 2 atom stereocenters. The van der Waals surface area contributed by atoms with E-state index in [1.54, 1.807) is 0 Å². The molecule has 0 spiro atoms. The molecular formula is C11H15BO2. The van der Waals surface area contributed by atoms with E-state index in [-0.39, 0.29) is 5.82 Å². The van der Waals surface area contributed by atoms with Crippen LogP contribution in [0, 0.1) is 5.92 Å². The van der Waals surface area contributed by atoms with E-state index in [2.05, 4.69) is 19.9 Å². The molecule has 0 heterocycles. The van der Waals surface area contributed by atoms with Gasteiger partial charge in [0.15, 0.2) is 0 Å². The molecule has 0 radical (unpaired) electrons. The minimum atomic E-state index is -1.22. The molecule has 0 aliphatic heterocycles. The van der Waals surface area contributed by atoms with Gasteiger partial charge in [0.25, 0.3) is 0 Å². The highest BCUT2D eigenvalue weighted by Gasteiger charge is 2.45. The minimum Gasteiger partial charge on any atom is -0.427 e. The summed E-state index contributed by atoms with van der Waals surface area (Å²) in [6.07, 6.45) is 0. The van der Waals surface area contributed by atoms with Crippen LogP contribution >= 0.6 is 0 Å². The second-order valence-electron chi connectivity index (χ2n) is 4.34. The van der Waals surface area contributed by atoms with Gasteiger partial charge >= 0.3 is 7.12 Å². The summed E-state index contributed by atoms with van der Waals surface area (Å²) in [7, 11) is -1.22. The molecule has 0 amide bonds. The van der Waals surface area contributed by atoms with Crippen molar-refractivity contribution in [3.63, 3.8) is 0 Å². The fourth-order valence-electron chi connectivity index (χ4n) is 2.53. The molecule has 0 bridgehead atoms. The van der Waals surface area contributed by atoms with Gasteiger partial charge in [-0.25, -0.2) is 0 Å². The minimum absolute atomic E-state index is 0.0915. The lowest BCUT2D eigenvalue weighted by Crippen LogP contribution is -2.39. The molecule has 2 nitrogen and oxygen atoms in total. The Morgan fingerprint density at radius 1 is 1.14 bits per heavy atom. The van der Waals surface area contributed by atoms with Crippen LogP contribution in [0.4, 0.5) is 0 Å². The Kier molecular flexibility index (Phi) is 2.37. The molecule has 0 saturated carbocycles. The number of hydrogen-bond donors (Lipinski definition) is 2. The molecule has 2 rings (SSSR count). The van der Waals surface area contributed by atoms with Crippen LogP contribution in [0.1, 0.15) is 36.7 Å². The van der Waals surface area contributed by atoms with Crippen LogP contribution in [0.25, 0.3) is 0 Å². The first-order chi connectivity index (χ1) is 6.63. The van der Waals surface area contributed by atoms with Crippen molar-refractivity contribution in [2.75, 3.05) is 0 Å². The zero-order chi connectivity index (χ0) is 10.3. The molecular weight excluding hydrogens is 175 g/mol. The summed E-state index contributed by atoms with van der Waals surface area (Å²) in [4.78, 5) is 0. The quantitative estimate of drug-likeness (QED) is 0.694. The number of rotatable bonds is 2. The van der Waals surface area contributed by atoms with Gasteiger partial charge in [-0.3, -0.25) is 0 Å². The molecule has 0 aromatic heterocycles. The molecule has 2 unspecified atom stereocenters. The summed E-state index contributed by atoms with van der Waals surface area (Å²) in [5.41, 5.74) is 2.38. The van der Waals surface area contributed by atoms with Gasteiger partial charge in [-0.2, -0.15) is 0 Å². The van der Waals surface area contributed by atoms with E-state index in [1.165, 1.54) is 5.56 Å². The normalized spacial score (nSPS) is 24.4. The van der Waals surface area contributed by atoms with Crippen molar-refractivity contribution in [2.24, 2.45) is 5.92 Å². The van der Waals surface area contributed by atoms with Crippen LogP contribution in [-0.2, 0) is 0 Å². The molecule has 74 valence electrons. The zero-order valence-corrected chi connectivity index (χ0v) is 8.51. The summed E-state index contributed by atoms with van der Waals surface area (Å²) in [6.45, 7) is 4.24. The predicted octanol–water partition coefficient (Wildman–Crippen LogP) is 1.54. The van der Waals surface area contributed by atoms with Gasteiger partial charge in [0.1, 0.15) is 0 Å². The van der Waals surface area contributed by atoms with E-state index in [0.717, 1.165) is 5.56 Å². The Morgan fingerprint density at radius 3 is 2.21 bits per heavy atom. The van der Waals surface area contributed by atoms with Gasteiger partial charge in [0.2, 0.25) is 0 Å². The van der Waals surface area contributed by atoms with Crippen LogP contribution in [0.2, 0.25) is 0 Å². The van der Waals surface area contributed by atoms with Crippen molar-refractivity contribution in [3.8, 4) is 0 Å². The lowest BCUT2D eigenvalue weighted by molar-refractivity contribution is 0.329. The van der Waals surface area contributed by atoms with Gasteiger partial charge in [-0.1, -0.05) is 38.1 Å². The smallest absolute Gasteiger partial charge is 0.427 e. The standard InChI is InChI=1S/C11H15BO2/c1-7(2)10-8-5-3-4-6-9(8)11(10)12(13)14/h3-7,10-11,13-14H,1-2H3. The van der Waals surface area contributed by atoms with E-state index in [1.807, 2.05) is 18.2 Å². The molecule has 3 heteroatoms. The molecule has 1 aliphatic rings. The zero-order valence-electron chi connectivity index (χ0n) is 8.51. The van der Waals surface area contributed by atoms with Gasteiger partial charge in [-0.05, 0) is 23.0 Å². The van der Waals surface area contributed by atoms with Crippen LogP contribution in [0.3, 0.4) is 0 Å². The first-order valence-electron chi connectivity index (χ1n) is 5.08. The second kappa shape index (κ2) is 3.41. The summed E-state index contributed by atoms with van der Waals surface area (Å²) in [6, 6.07) is 8.02. The third kappa shape index (κ3) is 1.28. The number of fused-ring (bicyclic) bond motifs is 1. The summed E-state index contributed by atoms with van der Waals surface area (Å²) in [5.74, 6) is 0.661. The van der Waals surface area contributed by atoms with Crippen molar-refractivity contribution < 1.29 is 10.0 Å². The highest BCUT2D eigenvalue weighted by atomic mass is 16.4. The van der Waals surface area contributed by atoms with Gasteiger partial charge in [0.05, 0.1) is 0 Å². The number of hydrogen-bond acceptors (Lipinski definition) is 2. The predicted molar refractivity (Wildman–Crippen MR) is 57.0 cm³/mol. The third-order valence-corrected chi connectivity index (χ3v) is 3.14. The average Bonchev–Trinajstić information content (AvgIpc) is 2.05. The monoisotopic (exact) mass is 190 g/mol. The van der Waals surface area contributed by atoms with E-state index in [9.17, 15) is 10.0 Å². The Bertz CT molecular complexity index is 303. The number of benzene rings is 1. The summed E-state index contributed by atoms with van der Waals surface area (Å²) < 4.78 is 0. The Labute approximate surface area is 84.7 Å². The molecule has 2 N–H and O–H groups in total. The summed E-state index contributed by atoms with van der Waals surface area (Å²) >= 11 is 0. The van der Waals surface area contributed by atoms with Gasteiger partial charge < -0.3 is 10.0 Å². The van der Waals surface area contributed by atoms with Crippen molar-refractivity contribution in [2.45, 2.75) is 25.6 Å². The first-order valence-corrected chi connectivity index (χ1v) is 5.08. The van der Waals surface area contributed by atoms with Crippen molar-refractivity contribution >= 4 is 7.12 Å². The first kappa shape index (κ1) is 9.75. The Hall–Kier alpha value is -0.795. The lowest BCUT2D eigenvalue weighted by Gasteiger charge is -2.41. The molecule has 0 fully saturated rings. The molecule has 1 aromatic rings. The van der Waals surface area contributed by atoms with Crippen molar-refractivity contribution in [1.29, 1.82) is 0 Å². The highest BCUT2D eigenvalue weighted by molar-refractivity contribution is 6.44. The average molecular weight is 190 g/mol. The molecule has 0 saturated heterocycles. The topological polar surface area (TPSA) is 40.5 Å². The second-order valence-corrected chi connectivity index (χ2v) is 4.34. The lowest BCUT2D eigenvalue weighted by atomic mass is 9.49. The fourth-order valence-corrected chi connectivity index (χ4v) is 2.53. The van der Waals surface area contributed by atoms with Crippen molar-refractivity contribution in [3.05, 3.63) is 35.4 Å². The molecule has 14 heavy (non-hydrogen) atoms. The van der Waals surface area contributed by atoms with Gasteiger partial charge in [0, 0.05) is 5.82 Å². The maximum atomic E-state index is 9.29. The van der Waals surface area contributed by atoms with E-state index < -0.39 is 7.12 Å². The van der Waals surface area contributed by atoms with E-state index in [4.69, 9.17) is 0 Å². The molecule has 1 aliphatic carbocycles. The molecule has 1 aromatic carbocycles. The maximum absolute atomic E-state index is 9.29. The SMILES string of the molecule is CC(C)C1c2ccccc2C1B(O)O. The van der Waals surface area contributed by atoms with Crippen LogP contribution in [0.5, 0.6) is 0 Å². The van der Waals surface area contributed by atoms with Gasteiger partial charge in [-0.15, -0.1) is 0 Å². The van der Waals surface area contributed by atoms with E-state index in [0.29, 0.717) is 11.8 Å². The largest absolute Gasteiger partial charge is 0.460 e. The Morgan fingerprint density at radius 2 is 1.71 bits per heavy atom. The van der Waals surface area contributed by atoms with Crippen LogP contribution in [0.15, 0.2) is 24.3 Å². The van der Waals surface area contributed by atoms with Crippen LogP contribution in [-0.4, -0.2) is 17.2 Å². The fraction of sp³-hybridized carbons (Fsp3) is 0.455. The summed E-state index contributed by atoms with van der Waals surface area (Å²) in [5, 5.41) is 18.6. The van der Waals surface area contributed by atoms with Crippen molar-refractivity contribution in [1.82, 2.24) is 0 Å². The highest BCUT2D eigenvalue weighted by Crippen LogP contribution is 2.50. The third-order valence-electron chi connectivity index (χ3n) is 3.14. The maximum Gasteiger partial charge on any atom is 0.460 e. The van der Waals surface area contributed by atoms with E-state index >= 15 is 0 Å². The Balaban J connectivity index is 2.37.